The van der Waals surface area contributed by atoms with Crippen molar-refractivity contribution >= 4 is 25.8 Å². The number of anilines is 1. The van der Waals surface area contributed by atoms with E-state index in [0.717, 1.165) is 18.4 Å². The first-order valence-electron chi connectivity index (χ1n) is 15.6. The molecule has 0 aliphatic carbocycles. The zero-order valence-corrected chi connectivity index (χ0v) is 27.2. The second-order valence-corrected chi connectivity index (χ2v) is 16.9. The summed E-state index contributed by atoms with van der Waals surface area (Å²) < 4.78 is 13.6. The summed E-state index contributed by atoms with van der Waals surface area (Å²) >= 11 is 0. The second kappa shape index (κ2) is 11.9. The number of rotatable bonds is 8. The fraction of sp³-hybridized carbons (Fsp3) is 0.441. The molecule has 11 heteroatoms. The van der Waals surface area contributed by atoms with Crippen molar-refractivity contribution in [3.05, 3.63) is 88.3 Å². The van der Waals surface area contributed by atoms with Gasteiger partial charge in [-0.15, -0.1) is 0 Å². The van der Waals surface area contributed by atoms with E-state index >= 15 is 0 Å². The highest BCUT2D eigenvalue weighted by Gasteiger charge is 2.66. The first-order chi connectivity index (χ1) is 21.5. The number of carbonyl (C=O) groups is 2. The van der Waals surface area contributed by atoms with Gasteiger partial charge in [0.05, 0.1) is 44.5 Å². The monoisotopic (exact) mass is 631 g/mol. The van der Waals surface area contributed by atoms with Crippen LogP contribution in [0, 0.1) is 5.92 Å². The molecule has 1 spiro atoms. The predicted octanol–water partition coefficient (Wildman–Crippen LogP) is 3.56. The van der Waals surface area contributed by atoms with Crippen molar-refractivity contribution in [2.75, 3.05) is 25.2 Å². The van der Waals surface area contributed by atoms with Crippen LogP contribution in [0.2, 0.25) is 18.6 Å². The molecule has 2 amide bonds. The predicted molar refractivity (Wildman–Crippen MR) is 172 cm³/mol. The molecule has 2 aromatic carbocycles. The number of amides is 2. The van der Waals surface area contributed by atoms with Crippen molar-refractivity contribution in [3.8, 4) is 11.4 Å². The zero-order valence-electron chi connectivity index (χ0n) is 26.2. The Labute approximate surface area is 263 Å². The highest BCUT2D eigenvalue weighted by atomic mass is 28.4. The molecule has 1 aromatic heterocycles. The number of carbonyl (C=O) groups excluding carboxylic acids is 2. The molecule has 4 heterocycles. The average Bonchev–Trinajstić information content (AvgIpc) is 3.68. The van der Waals surface area contributed by atoms with Crippen LogP contribution in [-0.2, 0) is 26.5 Å². The molecule has 0 saturated carbocycles. The lowest BCUT2D eigenvalue weighted by Gasteiger charge is -2.33. The van der Waals surface area contributed by atoms with Crippen LogP contribution >= 0.6 is 0 Å². The van der Waals surface area contributed by atoms with Gasteiger partial charge in [0.15, 0.2) is 19.7 Å². The molecule has 0 radical (unpaired) electrons. The SMILES string of the molecule is COc1cccn(-c2ccc3c(c2)[C@@]2(O[C@H](CC(=O)N4CCC[C@H]4CO)[C@@H]([Si](C)(C)O)[C@@H]2C)C(=O)N3Cc2ccccc2)c1=O. The summed E-state index contributed by atoms with van der Waals surface area (Å²) in [5.41, 5.74) is 0.502. The number of hydrogen-bond acceptors (Lipinski definition) is 7. The van der Waals surface area contributed by atoms with E-state index in [0.29, 0.717) is 30.0 Å². The second-order valence-electron chi connectivity index (χ2n) is 13.0. The largest absolute Gasteiger partial charge is 0.491 e. The smallest absolute Gasteiger partial charge is 0.297 e. The lowest BCUT2D eigenvalue weighted by atomic mass is 9.82. The van der Waals surface area contributed by atoms with Crippen molar-refractivity contribution < 1.29 is 29.0 Å². The van der Waals surface area contributed by atoms with Crippen LogP contribution < -0.4 is 15.2 Å². The van der Waals surface area contributed by atoms with E-state index in [1.165, 1.54) is 11.7 Å². The Morgan fingerprint density at radius 3 is 2.56 bits per heavy atom. The Kier molecular flexibility index (Phi) is 8.23. The fourth-order valence-corrected chi connectivity index (χ4v) is 10.4. The molecule has 45 heavy (non-hydrogen) atoms. The molecule has 0 unspecified atom stereocenters. The summed E-state index contributed by atoms with van der Waals surface area (Å²) in [6, 6.07) is 18.3. The van der Waals surface area contributed by atoms with Gasteiger partial charge in [0.1, 0.15) is 0 Å². The lowest BCUT2D eigenvalue weighted by molar-refractivity contribution is -0.150. The molecule has 238 valence electrons. The molecule has 5 atom stereocenters. The van der Waals surface area contributed by atoms with Gasteiger partial charge in [0.2, 0.25) is 5.91 Å². The number of likely N-dealkylation sites (tertiary alicyclic amines) is 1. The van der Waals surface area contributed by atoms with Crippen molar-refractivity contribution in [1.29, 1.82) is 0 Å². The molecular weight excluding hydrogens is 590 g/mol. The third-order valence-corrected chi connectivity index (χ3v) is 12.3. The Bertz CT molecular complexity index is 1660. The van der Waals surface area contributed by atoms with Crippen molar-refractivity contribution in [2.24, 2.45) is 5.92 Å². The number of hydrogen-bond donors (Lipinski definition) is 2. The lowest BCUT2D eigenvalue weighted by Crippen LogP contribution is -2.46. The Morgan fingerprint density at radius 1 is 1.11 bits per heavy atom. The fourth-order valence-electron chi connectivity index (χ4n) is 7.81. The van der Waals surface area contributed by atoms with Crippen molar-refractivity contribution in [1.82, 2.24) is 9.47 Å². The van der Waals surface area contributed by atoms with Crippen molar-refractivity contribution in [3.63, 3.8) is 0 Å². The number of aromatic nitrogens is 1. The summed E-state index contributed by atoms with van der Waals surface area (Å²) in [7, 11) is -1.56. The van der Waals surface area contributed by atoms with Crippen LogP contribution in [0.25, 0.3) is 5.69 Å². The van der Waals surface area contributed by atoms with Gasteiger partial charge in [-0.2, -0.15) is 0 Å². The van der Waals surface area contributed by atoms with Gasteiger partial charge in [0, 0.05) is 35.5 Å². The summed E-state index contributed by atoms with van der Waals surface area (Å²) in [6.07, 6.45) is 2.50. The Morgan fingerprint density at radius 2 is 1.87 bits per heavy atom. The molecule has 2 N–H and O–H groups in total. The number of fused-ring (bicyclic) bond motifs is 2. The first-order valence-corrected chi connectivity index (χ1v) is 18.6. The van der Waals surface area contributed by atoms with E-state index in [9.17, 15) is 24.3 Å². The topological polar surface area (TPSA) is 122 Å². The van der Waals surface area contributed by atoms with Crippen molar-refractivity contribution in [2.45, 2.75) is 69.1 Å². The van der Waals surface area contributed by atoms with Crippen LogP contribution in [0.5, 0.6) is 5.75 Å². The average molecular weight is 632 g/mol. The maximum Gasteiger partial charge on any atom is 0.297 e. The molecule has 10 nitrogen and oxygen atoms in total. The Balaban J connectivity index is 1.47. The molecule has 2 saturated heterocycles. The molecule has 6 rings (SSSR count). The standard InChI is InChI=1S/C34H41N3O7Si/c1-22-31(45(3,4)42)29(19-30(39)35-16-8-12-25(35)21-38)44-34(22)26-18-24(36-17-9-13-28(43-2)32(36)40)14-15-27(26)37(33(34)41)20-23-10-6-5-7-11-23/h5-7,9-11,13-15,17-18,22,25,29,31,38,42H,8,12,16,19-21H2,1-4H3/t22-,25-,29+,31-,34+/m0/s1. The quantitative estimate of drug-likeness (QED) is 0.365. The van der Waals surface area contributed by atoms with E-state index in [-0.39, 0.29) is 42.2 Å². The number of ether oxygens (including phenoxy) is 2. The Hall–Kier alpha value is -3.77. The third-order valence-electron chi connectivity index (χ3n) is 9.85. The summed E-state index contributed by atoms with van der Waals surface area (Å²) in [5, 5.41) is 9.86. The first kappa shape index (κ1) is 31.2. The number of nitrogens with zero attached hydrogens (tertiary/aromatic N) is 3. The van der Waals surface area contributed by atoms with Gasteiger partial charge in [-0.3, -0.25) is 19.0 Å². The summed E-state index contributed by atoms with van der Waals surface area (Å²) in [4.78, 5) is 56.7. The van der Waals surface area contributed by atoms with Crippen LogP contribution in [0.1, 0.15) is 37.3 Å². The molecule has 2 fully saturated rings. The minimum Gasteiger partial charge on any atom is -0.491 e. The van der Waals surface area contributed by atoms with Gasteiger partial charge >= 0.3 is 0 Å². The van der Waals surface area contributed by atoms with Crippen LogP contribution in [0.15, 0.2) is 71.7 Å². The summed E-state index contributed by atoms with van der Waals surface area (Å²) in [5.74, 6) is -0.683. The molecule has 3 aliphatic heterocycles. The normalized spacial score (nSPS) is 26.1. The zero-order chi connectivity index (χ0) is 32.1. The van der Waals surface area contributed by atoms with E-state index in [4.69, 9.17) is 9.47 Å². The molecule has 3 aromatic rings. The maximum atomic E-state index is 14.8. The number of aliphatic hydroxyl groups is 1. The number of benzene rings is 2. The highest BCUT2D eigenvalue weighted by molar-refractivity contribution is 6.71. The van der Waals surface area contributed by atoms with E-state index in [1.807, 2.05) is 62.5 Å². The number of aliphatic hydroxyl groups excluding tert-OH is 1. The van der Waals surface area contributed by atoms with Crippen LogP contribution in [0.4, 0.5) is 5.69 Å². The minimum atomic E-state index is -3.01. The van der Waals surface area contributed by atoms with Crippen LogP contribution in [-0.4, -0.2) is 71.9 Å². The number of methoxy groups -OCH3 is 1. The maximum absolute atomic E-state index is 14.8. The molecule has 0 bridgehead atoms. The molecular formula is C34H41N3O7Si. The molecule has 3 aliphatic rings. The third kappa shape index (κ3) is 5.21. The van der Waals surface area contributed by atoms with E-state index < -0.39 is 31.5 Å². The van der Waals surface area contributed by atoms with E-state index in [1.54, 1.807) is 34.2 Å². The van der Waals surface area contributed by atoms with Gasteiger partial charge < -0.3 is 29.2 Å². The minimum absolute atomic E-state index is 0.000574. The van der Waals surface area contributed by atoms with Gasteiger partial charge in [-0.25, -0.2) is 0 Å². The van der Waals surface area contributed by atoms with Gasteiger partial charge in [0.25, 0.3) is 11.5 Å². The van der Waals surface area contributed by atoms with E-state index in [2.05, 4.69) is 0 Å². The van der Waals surface area contributed by atoms with Crippen LogP contribution in [0.3, 0.4) is 0 Å². The van der Waals surface area contributed by atoms with Gasteiger partial charge in [-0.1, -0.05) is 37.3 Å². The highest BCUT2D eigenvalue weighted by Crippen LogP contribution is 2.60. The number of pyridine rings is 1. The van der Waals surface area contributed by atoms with Gasteiger partial charge in [-0.05, 0) is 61.8 Å². The summed E-state index contributed by atoms with van der Waals surface area (Å²) in [6.45, 7) is 6.36.